The summed E-state index contributed by atoms with van der Waals surface area (Å²) in [6.07, 6.45) is 2.65. The Bertz CT molecular complexity index is 655. The number of methoxy groups -OCH3 is 1. The molecule has 0 saturated heterocycles. The summed E-state index contributed by atoms with van der Waals surface area (Å²) < 4.78 is 25.3. The lowest BCUT2D eigenvalue weighted by molar-refractivity contribution is 0.202. The van der Waals surface area contributed by atoms with E-state index < -0.39 is 0 Å². The summed E-state index contributed by atoms with van der Waals surface area (Å²) in [5.74, 6) is 0.245. The van der Waals surface area contributed by atoms with E-state index in [9.17, 15) is 9.50 Å². The van der Waals surface area contributed by atoms with E-state index >= 15 is 0 Å². The van der Waals surface area contributed by atoms with Crippen LogP contribution in [0.3, 0.4) is 0 Å². The number of aliphatic hydroxyl groups is 1. The van der Waals surface area contributed by atoms with Gasteiger partial charge in [-0.15, -0.1) is 0 Å². The minimum absolute atomic E-state index is 0.0348. The summed E-state index contributed by atoms with van der Waals surface area (Å²) in [6, 6.07) is 10.6. The number of hydrogen-bond donors (Lipinski definition) is 1. The maximum absolute atomic E-state index is 14.6. The van der Waals surface area contributed by atoms with Gasteiger partial charge in [0.25, 0.3) is 0 Å². The Morgan fingerprint density at radius 1 is 1.04 bits per heavy atom. The monoisotopic (exact) mass is 332 g/mol. The van der Waals surface area contributed by atoms with Crippen LogP contribution in [0.2, 0.25) is 0 Å². The van der Waals surface area contributed by atoms with E-state index in [0.29, 0.717) is 30.9 Å². The SMILES string of the molecule is CCCCOc1ccc(-c2ccc(CO)cc2CCOC)c(F)c1. The number of benzene rings is 2. The molecule has 0 saturated carbocycles. The molecule has 0 aliphatic carbocycles. The molecule has 4 heteroatoms. The Kier molecular flexibility index (Phi) is 7.22. The van der Waals surface area contributed by atoms with Crippen LogP contribution in [0.5, 0.6) is 5.75 Å². The molecule has 2 aromatic carbocycles. The van der Waals surface area contributed by atoms with Crippen molar-refractivity contribution in [1.82, 2.24) is 0 Å². The van der Waals surface area contributed by atoms with E-state index in [1.165, 1.54) is 6.07 Å². The first-order valence-corrected chi connectivity index (χ1v) is 8.34. The zero-order valence-corrected chi connectivity index (χ0v) is 14.3. The number of aliphatic hydroxyl groups excluding tert-OH is 1. The number of rotatable bonds is 9. The summed E-state index contributed by atoms with van der Waals surface area (Å²) in [5, 5.41) is 9.32. The van der Waals surface area contributed by atoms with Crippen LogP contribution >= 0.6 is 0 Å². The van der Waals surface area contributed by atoms with E-state index in [4.69, 9.17) is 9.47 Å². The van der Waals surface area contributed by atoms with Crippen LogP contribution in [-0.4, -0.2) is 25.4 Å². The molecule has 130 valence electrons. The van der Waals surface area contributed by atoms with E-state index in [0.717, 1.165) is 29.5 Å². The molecule has 0 radical (unpaired) electrons. The van der Waals surface area contributed by atoms with Gasteiger partial charge in [-0.25, -0.2) is 4.39 Å². The summed E-state index contributed by atoms with van der Waals surface area (Å²) >= 11 is 0. The highest BCUT2D eigenvalue weighted by atomic mass is 19.1. The predicted octanol–water partition coefficient (Wildman–Crippen LogP) is 4.35. The van der Waals surface area contributed by atoms with E-state index in [-0.39, 0.29) is 12.4 Å². The lowest BCUT2D eigenvalue weighted by Crippen LogP contribution is -2.01. The molecule has 0 bridgehead atoms. The molecule has 0 aliphatic heterocycles. The first-order valence-electron chi connectivity index (χ1n) is 8.34. The van der Waals surface area contributed by atoms with Gasteiger partial charge in [-0.2, -0.15) is 0 Å². The van der Waals surface area contributed by atoms with Crippen molar-refractivity contribution < 1.29 is 19.0 Å². The molecule has 0 atom stereocenters. The van der Waals surface area contributed by atoms with Gasteiger partial charge in [0.1, 0.15) is 11.6 Å². The van der Waals surface area contributed by atoms with Crippen LogP contribution in [0.4, 0.5) is 4.39 Å². The highest BCUT2D eigenvalue weighted by Crippen LogP contribution is 2.30. The van der Waals surface area contributed by atoms with Crippen molar-refractivity contribution >= 4 is 0 Å². The van der Waals surface area contributed by atoms with Gasteiger partial charge >= 0.3 is 0 Å². The van der Waals surface area contributed by atoms with Crippen LogP contribution in [-0.2, 0) is 17.8 Å². The van der Waals surface area contributed by atoms with Crippen LogP contribution in [0.1, 0.15) is 30.9 Å². The Balaban J connectivity index is 2.29. The van der Waals surface area contributed by atoms with Crippen LogP contribution in [0, 0.1) is 5.82 Å². The molecule has 0 aliphatic rings. The fraction of sp³-hybridized carbons (Fsp3) is 0.400. The third kappa shape index (κ3) is 4.79. The van der Waals surface area contributed by atoms with Gasteiger partial charge in [-0.3, -0.25) is 0 Å². The van der Waals surface area contributed by atoms with Crippen LogP contribution in [0.15, 0.2) is 36.4 Å². The molecule has 0 amide bonds. The number of halogens is 1. The minimum atomic E-state index is -0.306. The van der Waals surface area contributed by atoms with E-state index in [1.807, 2.05) is 18.2 Å². The molecule has 0 unspecified atom stereocenters. The van der Waals surface area contributed by atoms with Crippen molar-refractivity contribution in [3.05, 3.63) is 53.3 Å². The molecular formula is C20H25FO3. The molecule has 1 N–H and O–H groups in total. The Hall–Kier alpha value is -1.91. The van der Waals surface area contributed by atoms with Crippen molar-refractivity contribution in [3.63, 3.8) is 0 Å². The third-order valence-corrected chi connectivity index (χ3v) is 3.93. The van der Waals surface area contributed by atoms with Crippen LogP contribution in [0.25, 0.3) is 11.1 Å². The molecule has 2 rings (SSSR count). The topological polar surface area (TPSA) is 38.7 Å². The molecule has 0 heterocycles. The normalized spacial score (nSPS) is 10.8. The molecule has 0 spiro atoms. The maximum Gasteiger partial charge on any atom is 0.134 e. The summed E-state index contributed by atoms with van der Waals surface area (Å²) in [6.45, 7) is 3.19. The lowest BCUT2D eigenvalue weighted by Gasteiger charge is -2.13. The van der Waals surface area contributed by atoms with Gasteiger partial charge in [0.05, 0.1) is 19.8 Å². The summed E-state index contributed by atoms with van der Waals surface area (Å²) in [5.41, 5.74) is 3.13. The highest BCUT2D eigenvalue weighted by molar-refractivity contribution is 5.69. The lowest BCUT2D eigenvalue weighted by atomic mass is 9.95. The molecule has 0 fully saturated rings. The fourth-order valence-electron chi connectivity index (χ4n) is 2.57. The van der Waals surface area contributed by atoms with Crippen molar-refractivity contribution in [2.45, 2.75) is 32.8 Å². The largest absolute Gasteiger partial charge is 0.493 e. The fourth-order valence-corrected chi connectivity index (χ4v) is 2.57. The Labute approximate surface area is 143 Å². The van der Waals surface area contributed by atoms with Gasteiger partial charge in [-0.1, -0.05) is 31.5 Å². The average Bonchev–Trinajstić information content (AvgIpc) is 2.60. The second kappa shape index (κ2) is 9.40. The van der Waals surface area contributed by atoms with Gasteiger partial charge in [-0.05, 0) is 41.7 Å². The molecular weight excluding hydrogens is 307 g/mol. The van der Waals surface area contributed by atoms with Gasteiger partial charge in [0.2, 0.25) is 0 Å². The van der Waals surface area contributed by atoms with Gasteiger partial charge in [0.15, 0.2) is 0 Å². The second-order valence-electron chi connectivity index (χ2n) is 5.74. The zero-order valence-electron chi connectivity index (χ0n) is 14.3. The van der Waals surface area contributed by atoms with Crippen molar-refractivity contribution in [1.29, 1.82) is 0 Å². The first kappa shape index (κ1) is 18.4. The molecule has 24 heavy (non-hydrogen) atoms. The number of hydrogen-bond acceptors (Lipinski definition) is 3. The number of unbranched alkanes of at least 4 members (excludes halogenated alkanes) is 1. The highest BCUT2D eigenvalue weighted by Gasteiger charge is 2.12. The zero-order chi connectivity index (χ0) is 17.4. The second-order valence-corrected chi connectivity index (χ2v) is 5.74. The number of ether oxygens (including phenoxy) is 2. The Morgan fingerprint density at radius 2 is 1.83 bits per heavy atom. The van der Waals surface area contributed by atoms with Gasteiger partial charge < -0.3 is 14.6 Å². The summed E-state index contributed by atoms with van der Waals surface area (Å²) in [4.78, 5) is 0. The summed E-state index contributed by atoms with van der Waals surface area (Å²) in [7, 11) is 1.64. The minimum Gasteiger partial charge on any atom is -0.493 e. The predicted molar refractivity (Wildman–Crippen MR) is 93.7 cm³/mol. The maximum atomic E-state index is 14.6. The Morgan fingerprint density at radius 3 is 2.50 bits per heavy atom. The van der Waals surface area contributed by atoms with E-state index in [2.05, 4.69) is 6.92 Å². The molecule has 3 nitrogen and oxygen atoms in total. The van der Waals surface area contributed by atoms with Crippen molar-refractivity contribution in [2.75, 3.05) is 20.3 Å². The molecule has 2 aromatic rings. The average molecular weight is 332 g/mol. The molecule has 0 aromatic heterocycles. The van der Waals surface area contributed by atoms with Crippen molar-refractivity contribution in [2.24, 2.45) is 0 Å². The van der Waals surface area contributed by atoms with E-state index in [1.54, 1.807) is 19.2 Å². The first-order chi connectivity index (χ1) is 11.7. The van der Waals surface area contributed by atoms with Gasteiger partial charge in [0, 0.05) is 18.7 Å². The van der Waals surface area contributed by atoms with Crippen LogP contribution < -0.4 is 4.74 Å². The van der Waals surface area contributed by atoms with Crippen molar-refractivity contribution in [3.8, 4) is 16.9 Å². The standard InChI is InChI=1S/C20H25FO3/c1-3-4-10-24-17-6-8-19(20(21)13-17)18-7-5-15(14-22)12-16(18)9-11-23-2/h5-8,12-13,22H,3-4,9-11,14H2,1-2H3. The smallest absolute Gasteiger partial charge is 0.134 e. The quantitative estimate of drug-likeness (QED) is 0.694. The third-order valence-electron chi connectivity index (χ3n) is 3.93.